The van der Waals surface area contributed by atoms with Gasteiger partial charge in [0.25, 0.3) is 5.22 Å². The molecule has 0 atom stereocenters. The van der Waals surface area contributed by atoms with E-state index < -0.39 is 11.9 Å². The summed E-state index contributed by atoms with van der Waals surface area (Å²) in [4.78, 5) is 3.31. The number of thioether (sulfide) groups is 1. The molecule has 92 valence electrons. The predicted octanol–water partition coefficient (Wildman–Crippen LogP) is 1.54. The summed E-state index contributed by atoms with van der Waals surface area (Å²) in [5.41, 5.74) is -1.03. The fraction of sp³-hybridized carbons (Fsp3) is 0.429. The lowest BCUT2D eigenvalue weighted by Crippen LogP contribution is -2.04. The molecule has 10 heteroatoms. The minimum Gasteiger partial charge on any atom is -0.439 e. The van der Waals surface area contributed by atoms with E-state index in [9.17, 15) is 13.2 Å². The van der Waals surface area contributed by atoms with Crippen molar-refractivity contribution in [1.82, 2.24) is 25.6 Å². The molecular formula is C7H6F3N5OS. The van der Waals surface area contributed by atoms with Gasteiger partial charge in [0.15, 0.2) is 11.5 Å². The summed E-state index contributed by atoms with van der Waals surface area (Å²) in [5, 5.41) is 13.0. The zero-order chi connectivity index (χ0) is 12.3. The number of nitrogens with zero attached hydrogens (tertiary/aromatic N) is 4. The molecule has 0 unspecified atom stereocenters. The van der Waals surface area contributed by atoms with Crippen LogP contribution in [0.15, 0.2) is 15.9 Å². The third-order valence-electron chi connectivity index (χ3n) is 1.71. The van der Waals surface area contributed by atoms with E-state index in [1.165, 1.54) is 0 Å². The zero-order valence-corrected chi connectivity index (χ0v) is 9.05. The van der Waals surface area contributed by atoms with Crippen LogP contribution in [-0.2, 0) is 12.6 Å². The number of alkyl halides is 3. The first kappa shape index (κ1) is 11.9. The Hall–Kier alpha value is -1.58. The summed E-state index contributed by atoms with van der Waals surface area (Å²) >= 11 is 1.06. The normalized spacial score (nSPS) is 11.9. The SMILES string of the molecule is FC(F)(F)c1coc(SCCc2nn[nH]n2)n1. The zero-order valence-electron chi connectivity index (χ0n) is 8.23. The molecule has 0 aromatic carbocycles. The van der Waals surface area contributed by atoms with Crippen molar-refractivity contribution in [1.29, 1.82) is 0 Å². The number of oxazole rings is 1. The minimum atomic E-state index is -4.48. The summed E-state index contributed by atoms with van der Waals surface area (Å²) in [5.74, 6) is 0.942. The lowest BCUT2D eigenvalue weighted by atomic mass is 10.5. The topological polar surface area (TPSA) is 80.5 Å². The van der Waals surface area contributed by atoms with Crippen LogP contribution in [0.2, 0.25) is 0 Å². The van der Waals surface area contributed by atoms with Gasteiger partial charge in [0.2, 0.25) is 0 Å². The van der Waals surface area contributed by atoms with E-state index >= 15 is 0 Å². The average molecular weight is 265 g/mol. The highest BCUT2D eigenvalue weighted by Crippen LogP contribution is 2.30. The van der Waals surface area contributed by atoms with Gasteiger partial charge in [-0.1, -0.05) is 17.0 Å². The minimum absolute atomic E-state index is 0.0270. The smallest absolute Gasteiger partial charge is 0.436 e. The predicted molar refractivity (Wildman–Crippen MR) is 50.1 cm³/mol. The molecule has 2 heterocycles. The molecule has 0 radical (unpaired) electrons. The molecule has 2 aromatic heterocycles. The molecule has 0 fully saturated rings. The number of H-pyrrole nitrogens is 1. The van der Waals surface area contributed by atoms with Gasteiger partial charge in [-0.15, -0.1) is 10.2 Å². The molecule has 17 heavy (non-hydrogen) atoms. The molecule has 0 aliphatic carbocycles. The molecule has 0 amide bonds. The van der Waals surface area contributed by atoms with Crippen molar-refractivity contribution < 1.29 is 17.6 Å². The van der Waals surface area contributed by atoms with Crippen molar-refractivity contribution in [3.05, 3.63) is 17.8 Å². The second-order valence-corrected chi connectivity index (χ2v) is 3.97. The Morgan fingerprint density at radius 2 is 2.24 bits per heavy atom. The number of aryl methyl sites for hydroxylation is 1. The Kier molecular flexibility index (Phi) is 3.31. The Labute approximate surface area is 97.0 Å². The Morgan fingerprint density at radius 1 is 1.41 bits per heavy atom. The number of rotatable bonds is 4. The fourth-order valence-corrected chi connectivity index (χ4v) is 1.71. The van der Waals surface area contributed by atoms with E-state index in [0.717, 1.165) is 11.8 Å². The molecule has 0 saturated carbocycles. The number of halogens is 3. The van der Waals surface area contributed by atoms with E-state index in [2.05, 4.69) is 30.0 Å². The van der Waals surface area contributed by atoms with Gasteiger partial charge in [-0.2, -0.15) is 23.4 Å². The summed E-state index contributed by atoms with van der Waals surface area (Å²) < 4.78 is 41.2. The van der Waals surface area contributed by atoms with Crippen LogP contribution >= 0.6 is 11.8 Å². The first-order chi connectivity index (χ1) is 8.05. The van der Waals surface area contributed by atoms with Crippen LogP contribution in [-0.4, -0.2) is 31.4 Å². The molecule has 2 aromatic rings. The first-order valence-corrected chi connectivity index (χ1v) is 5.42. The summed E-state index contributed by atoms with van der Waals surface area (Å²) in [6, 6.07) is 0. The van der Waals surface area contributed by atoms with Crippen molar-refractivity contribution in [2.75, 3.05) is 5.75 Å². The molecule has 0 saturated heterocycles. The van der Waals surface area contributed by atoms with Gasteiger partial charge in [0, 0.05) is 12.2 Å². The van der Waals surface area contributed by atoms with Gasteiger partial charge in [-0.25, -0.2) is 0 Å². The van der Waals surface area contributed by atoms with Crippen molar-refractivity contribution in [2.45, 2.75) is 17.8 Å². The van der Waals surface area contributed by atoms with Crippen LogP contribution in [0.25, 0.3) is 0 Å². The lowest BCUT2D eigenvalue weighted by Gasteiger charge is -1.98. The van der Waals surface area contributed by atoms with Crippen LogP contribution in [0, 0.1) is 0 Å². The van der Waals surface area contributed by atoms with E-state index in [1.54, 1.807) is 0 Å². The van der Waals surface area contributed by atoms with Crippen LogP contribution in [0.4, 0.5) is 13.2 Å². The molecule has 0 aliphatic rings. The maximum atomic E-state index is 12.2. The Balaban J connectivity index is 1.85. The van der Waals surface area contributed by atoms with Gasteiger partial charge >= 0.3 is 6.18 Å². The van der Waals surface area contributed by atoms with Gasteiger partial charge in [0.1, 0.15) is 6.26 Å². The standard InChI is InChI=1S/C7H6F3N5OS/c8-7(9,10)4-3-16-6(11-4)17-2-1-5-12-14-15-13-5/h3H,1-2H2,(H,12,13,14,15). The van der Waals surface area contributed by atoms with Gasteiger partial charge in [-0.3, -0.25) is 0 Å². The number of tetrazole rings is 1. The summed E-state index contributed by atoms with van der Waals surface area (Å²) in [6.45, 7) is 0. The van der Waals surface area contributed by atoms with Gasteiger partial charge < -0.3 is 4.42 Å². The van der Waals surface area contributed by atoms with E-state index in [1.807, 2.05) is 0 Å². The molecule has 1 N–H and O–H groups in total. The molecule has 0 bridgehead atoms. The molecule has 6 nitrogen and oxygen atoms in total. The third kappa shape index (κ3) is 3.19. The number of nitrogens with one attached hydrogen (secondary N) is 1. The molecule has 0 spiro atoms. The highest BCUT2D eigenvalue weighted by Gasteiger charge is 2.34. The van der Waals surface area contributed by atoms with Crippen molar-refractivity contribution in [3.63, 3.8) is 0 Å². The second-order valence-electron chi connectivity index (χ2n) is 2.92. The number of aromatic amines is 1. The first-order valence-electron chi connectivity index (χ1n) is 4.43. The molecule has 2 rings (SSSR count). The number of aromatic nitrogens is 5. The Bertz CT molecular complexity index is 468. The van der Waals surface area contributed by atoms with Crippen LogP contribution < -0.4 is 0 Å². The van der Waals surface area contributed by atoms with Crippen LogP contribution in [0.1, 0.15) is 11.5 Å². The third-order valence-corrected chi connectivity index (χ3v) is 2.56. The highest BCUT2D eigenvalue weighted by atomic mass is 32.2. The van der Waals surface area contributed by atoms with E-state index in [4.69, 9.17) is 0 Å². The highest BCUT2D eigenvalue weighted by molar-refractivity contribution is 7.99. The monoisotopic (exact) mass is 265 g/mol. The molecular weight excluding hydrogens is 259 g/mol. The fourth-order valence-electron chi connectivity index (χ4n) is 0.972. The summed E-state index contributed by atoms with van der Waals surface area (Å²) in [7, 11) is 0. The summed E-state index contributed by atoms with van der Waals surface area (Å²) in [6.07, 6.45) is -3.42. The maximum Gasteiger partial charge on any atom is 0.436 e. The second kappa shape index (κ2) is 4.73. The lowest BCUT2D eigenvalue weighted by molar-refractivity contribution is -0.141. The van der Waals surface area contributed by atoms with Crippen molar-refractivity contribution >= 4 is 11.8 Å². The quantitative estimate of drug-likeness (QED) is 0.844. The molecule has 0 aliphatic heterocycles. The van der Waals surface area contributed by atoms with Gasteiger partial charge in [0.05, 0.1) is 0 Å². The maximum absolute atomic E-state index is 12.2. The largest absolute Gasteiger partial charge is 0.439 e. The average Bonchev–Trinajstić information content (AvgIpc) is 2.86. The van der Waals surface area contributed by atoms with Crippen LogP contribution in [0.3, 0.4) is 0 Å². The van der Waals surface area contributed by atoms with Crippen molar-refractivity contribution in [3.8, 4) is 0 Å². The van der Waals surface area contributed by atoms with E-state index in [0.29, 0.717) is 24.3 Å². The van der Waals surface area contributed by atoms with Crippen molar-refractivity contribution in [2.24, 2.45) is 0 Å². The van der Waals surface area contributed by atoms with Crippen LogP contribution in [0.5, 0.6) is 0 Å². The number of hydrogen-bond acceptors (Lipinski definition) is 6. The van der Waals surface area contributed by atoms with E-state index in [-0.39, 0.29) is 5.22 Å². The Morgan fingerprint density at radius 3 is 2.82 bits per heavy atom. The number of hydrogen-bond donors (Lipinski definition) is 1. The van der Waals surface area contributed by atoms with Gasteiger partial charge in [-0.05, 0) is 0 Å².